The van der Waals surface area contributed by atoms with E-state index in [1.807, 2.05) is 12.1 Å². The Hall–Kier alpha value is -2.66. The molecule has 37 heavy (non-hydrogen) atoms. The summed E-state index contributed by atoms with van der Waals surface area (Å²) >= 11 is 7.46. The van der Waals surface area contributed by atoms with Crippen molar-refractivity contribution >= 4 is 34.8 Å². The van der Waals surface area contributed by atoms with Crippen LogP contribution in [0.15, 0.2) is 34.9 Å². The Balaban J connectivity index is 1.56. The van der Waals surface area contributed by atoms with Gasteiger partial charge in [0.25, 0.3) is 11.8 Å². The number of nitrogens with one attached hydrogen (secondary N) is 1. The van der Waals surface area contributed by atoms with Gasteiger partial charge in [0.2, 0.25) is 0 Å². The molecule has 3 aromatic heterocycles. The van der Waals surface area contributed by atoms with Crippen molar-refractivity contribution in [1.29, 1.82) is 0 Å². The van der Waals surface area contributed by atoms with Crippen molar-refractivity contribution in [3.05, 3.63) is 51.7 Å². The molecule has 1 saturated heterocycles. The Labute approximate surface area is 226 Å². The molecule has 11 heteroatoms. The average Bonchev–Trinajstić information content (AvgIpc) is 3.62. The largest absolute Gasteiger partial charge is 0.383 e. The van der Waals surface area contributed by atoms with Gasteiger partial charge >= 0.3 is 0 Å². The van der Waals surface area contributed by atoms with E-state index < -0.39 is 0 Å². The molecule has 0 aliphatic carbocycles. The van der Waals surface area contributed by atoms with Crippen molar-refractivity contribution in [3.8, 4) is 10.6 Å². The zero-order valence-corrected chi connectivity index (χ0v) is 23.3. The van der Waals surface area contributed by atoms with Gasteiger partial charge in [-0.25, -0.2) is 0 Å². The molecule has 0 saturated carbocycles. The van der Waals surface area contributed by atoms with Gasteiger partial charge in [-0.1, -0.05) is 16.8 Å². The van der Waals surface area contributed by atoms with Gasteiger partial charge in [-0.15, -0.1) is 11.3 Å². The number of piperidine rings is 1. The Morgan fingerprint density at radius 1 is 1.24 bits per heavy atom. The monoisotopic (exact) mass is 547 g/mol. The number of carbonyl (C=O) groups excluding carboxylic acids is 2. The standard InChI is InChI=1S/C26H34ClN5O4S/c1-17(2)31-11-9-18(10-12-31)28-25(33)20-5-6-21(26(34)30(3)13-14-35-4)32(20)16-19-15-22(36-29-19)23-7-8-24(27)37-23/h5-8,15,17-18H,9-14,16H2,1-4H3,(H,28,33). The molecule has 4 rings (SSSR count). The van der Waals surface area contributed by atoms with Gasteiger partial charge in [-0.3, -0.25) is 9.59 Å². The third kappa shape index (κ3) is 6.62. The predicted molar refractivity (Wildman–Crippen MR) is 144 cm³/mol. The third-order valence-corrected chi connectivity index (χ3v) is 7.95. The van der Waals surface area contributed by atoms with Crippen LogP contribution in [0.2, 0.25) is 4.34 Å². The van der Waals surface area contributed by atoms with Gasteiger partial charge in [0.15, 0.2) is 5.76 Å². The summed E-state index contributed by atoms with van der Waals surface area (Å²) in [5.74, 6) is 0.192. The van der Waals surface area contributed by atoms with E-state index in [0.29, 0.717) is 46.4 Å². The number of hydrogen-bond donors (Lipinski definition) is 1. The molecular formula is C26H34ClN5O4S. The maximum Gasteiger partial charge on any atom is 0.270 e. The Bertz CT molecular complexity index is 1210. The minimum absolute atomic E-state index is 0.0941. The first-order valence-electron chi connectivity index (χ1n) is 12.5. The molecule has 1 aliphatic heterocycles. The van der Waals surface area contributed by atoms with Crippen LogP contribution in [-0.2, 0) is 11.3 Å². The van der Waals surface area contributed by atoms with Crippen LogP contribution in [0.4, 0.5) is 0 Å². The highest BCUT2D eigenvalue weighted by Crippen LogP contribution is 2.31. The number of rotatable bonds is 10. The maximum atomic E-state index is 13.4. The fourth-order valence-corrected chi connectivity index (χ4v) is 5.47. The number of aromatic nitrogens is 2. The van der Waals surface area contributed by atoms with E-state index in [9.17, 15) is 9.59 Å². The summed E-state index contributed by atoms with van der Waals surface area (Å²) in [5, 5.41) is 7.38. The Kier molecular flexibility index (Phi) is 9.07. The number of halogens is 1. The van der Waals surface area contributed by atoms with Gasteiger partial charge in [0.1, 0.15) is 17.1 Å². The van der Waals surface area contributed by atoms with Gasteiger partial charge in [-0.2, -0.15) is 0 Å². The number of thiophene rings is 1. The van der Waals surface area contributed by atoms with Gasteiger partial charge in [0, 0.05) is 51.9 Å². The third-order valence-electron chi connectivity index (χ3n) is 6.70. The SMILES string of the molecule is COCCN(C)C(=O)c1ccc(C(=O)NC2CCN(C(C)C)CC2)n1Cc1cc(-c2ccc(Cl)s2)on1. The summed E-state index contributed by atoms with van der Waals surface area (Å²) in [5.41, 5.74) is 1.42. The molecule has 200 valence electrons. The minimum Gasteiger partial charge on any atom is -0.383 e. The van der Waals surface area contributed by atoms with Crippen LogP contribution < -0.4 is 5.32 Å². The van der Waals surface area contributed by atoms with E-state index in [4.69, 9.17) is 20.9 Å². The number of ether oxygens (including phenoxy) is 1. The second-order valence-electron chi connectivity index (χ2n) is 9.57. The normalized spacial score (nSPS) is 14.9. The number of likely N-dealkylation sites (tertiary alicyclic amines) is 1. The molecule has 1 fully saturated rings. The van der Waals surface area contributed by atoms with E-state index in [1.165, 1.54) is 11.3 Å². The minimum atomic E-state index is -0.199. The molecule has 3 aromatic rings. The zero-order chi connectivity index (χ0) is 26.5. The first-order valence-corrected chi connectivity index (χ1v) is 13.7. The predicted octanol–water partition coefficient (Wildman–Crippen LogP) is 4.23. The van der Waals surface area contributed by atoms with Crippen LogP contribution in [0, 0.1) is 0 Å². The topological polar surface area (TPSA) is 92.8 Å². The van der Waals surface area contributed by atoms with Crippen LogP contribution in [0.3, 0.4) is 0 Å². The molecule has 0 bridgehead atoms. The number of methoxy groups -OCH3 is 1. The summed E-state index contributed by atoms with van der Waals surface area (Å²) in [6.45, 7) is 7.35. The molecule has 2 amide bonds. The molecular weight excluding hydrogens is 514 g/mol. The summed E-state index contributed by atoms with van der Waals surface area (Å²) in [4.78, 5) is 31.5. The zero-order valence-electron chi connectivity index (χ0n) is 21.7. The highest BCUT2D eigenvalue weighted by atomic mass is 35.5. The van der Waals surface area contributed by atoms with Crippen molar-refractivity contribution in [2.45, 2.75) is 45.3 Å². The van der Waals surface area contributed by atoms with Crippen molar-refractivity contribution < 1.29 is 18.8 Å². The van der Waals surface area contributed by atoms with Crippen molar-refractivity contribution in [2.24, 2.45) is 0 Å². The van der Waals surface area contributed by atoms with E-state index in [1.54, 1.807) is 41.8 Å². The van der Waals surface area contributed by atoms with Crippen molar-refractivity contribution in [2.75, 3.05) is 40.4 Å². The van der Waals surface area contributed by atoms with Crippen LogP contribution in [0.25, 0.3) is 10.6 Å². The lowest BCUT2D eigenvalue weighted by atomic mass is 10.0. The fraction of sp³-hybridized carbons (Fsp3) is 0.500. The highest BCUT2D eigenvalue weighted by molar-refractivity contribution is 7.19. The van der Waals surface area contributed by atoms with Crippen molar-refractivity contribution in [3.63, 3.8) is 0 Å². The molecule has 4 heterocycles. The first kappa shape index (κ1) is 27.4. The van der Waals surface area contributed by atoms with Gasteiger partial charge < -0.3 is 28.9 Å². The highest BCUT2D eigenvalue weighted by Gasteiger charge is 2.26. The van der Waals surface area contributed by atoms with Crippen LogP contribution in [0.1, 0.15) is 53.4 Å². The van der Waals surface area contributed by atoms with E-state index in [2.05, 4.69) is 29.2 Å². The van der Waals surface area contributed by atoms with Gasteiger partial charge in [0.05, 0.1) is 22.4 Å². The molecule has 0 atom stereocenters. The molecule has 0 spiro atoms. The lowest BCUT2D eigenvalue weighted by molar-refractivity contribution is 0.0733. The fourth-order valence-electron chi connectivity index (χ4n) is 4.48. The molecule has 1 aliphatic rings. The van der Waals surface area contributed by atoms with E-state index in [0.717, 1.165) is 30.8 Å². The van der Waals surface area contributed by atoms with Crippen LogP contribution in [-0.4, -0.2) is 83.8 Å². The number of carbonyl (C=O) groups is 2. The Morgan fingerprint density at radius 3 is 2.62 bits per heavy atom. The maximum absolute atomic E-state index is 13.4. The summed E-state index contributed by atoms with van der Waals surface area (Å²) in [6, 6.07) is 9.48. The van der Waals surface area contributed by atoms with E-state index in [-0.39, 0.29) is 24.4 Å². The van der Waals surface area contributed by atoms with Gasteiger partial charge in [-0.05, 0) is 51.0 Å². The summed E-state index contributed by atoms with van der Waals surface area (Å²) < 4.78 is 13.0. The summed E-state index contributed by atoms with van der Waals surface area (Å²) in [6.07, 6.45) is 1.79. The molecule has 1 N–H and O–H groups in total. The smallest absolute Gasteiger partial charge is 0.270 e. The second-order valence-corrected chi connectivity index (χ2v) is 11.3. The molecule has 9 nitrogen and oxygen atoms in total. The number of nitrogens with zero attached hydrogens (tertiary/aromatic N) is 4. The average molecular weight is 548 g/mol. The lowest BCUT2D eigenvalue weighted by Crippen LogP contribution is -2.47. The van der Waals surface area contributed by atoms with Crippen LogP contribution >= 0.6 is 22.9 Å². The molecule has 0 aromatic carbocycles. The van der Waals surface area contributed by atoms with Crippen molar-refractivity contribution in [1.82, 2.24) is 24.8 Å². The van der Waals surface area contributed by atoms with E-state index >= 15 is 0 Å². The summed E-state index contributed by atoms with van der Waals surface area (Å²) in [7, 11) is 3.31. The number of hydrogen-bond acceptors (Lipinski definition) is 7. The van der Waals surface area contributed by atoms with Crippen LogP contribution in [0.5, 0.6) is 0 Å². The first-order chi connectivity index (χ1) is 17.8. The quantitative estimate of drug-likeness (QED) is 0.408. The second kappa shape index (κ2) is 12.3. The Morgan fingerprint density at radius 2 is 1.97 bits per heavy atom. The molecule has 0 unspecified atom stereocenters. The molecule has 0 radical (unpaired) electrons. The number of amides is 2. The lowest BCUT2D eigenvalue weighted by Gasteiger charge is -2.34. The number of likely N-dealkylation sites (N-methyl/N-ethyl adjacent to an activating group) is 1.